The molecule has 1 amide bonds. The first kappa shape index (κ1) is 15.0. The van der Waals surface area contributed by atoms with Gasteiger partial charge in [-0.1, -0.05) is 41.4 Å². The second-order valence-corrected chi connectivity index (χ2v) is 4.08. The number of nitrogens with one attached hydrogen (secondary N) is 1. The van der Waals surface area contributed by atoms with Crippen molar-refractivity contribution in [2.24, 2.45) is 5.10 Å². The minimum atomic E-state index is -0.735. The summed E-state index contributed by atoms with van der Waals surface area (Å²) in [5.74, 6) is -1.02. The van der Waals surface area contributed by atoms with E-state index in [1.54, 1.807) is 6.08 Å². The lowest BCUT2D eigenvalue weighted by Gasteiger charge is -1.95. The van der Waals surface area contributed by atoms with Crippen molar-refractivity contribution < 1.29 is 9.72 Å². The molecule has 0 saturated heterocycles. The fraction of sp³-hybridized carbons (Fsp3) is 0.0769. The van der Waals surface area contributed by atoms with Gasteiger partial charge in [0.1, 0.15) is 6.54 Å². The van der Waals surface area contributed by atoms with Gasteiger partial charge in [0, 0.05) is 11.3 Å². The van der Waals surface area contributed by atoms with Gasteiger partial charge in [-0.15, -0.1) is 0 Å². The van der Waals surface area contributed by atoms with Crippen LogP contribution < -0.4 is 5.43 Å². The van der Waals surface area contributed by atoms with Crippen molar-refractivity contribution in [1.82, 2.24) is 20.2 Å². The highest BCUT2D eigenvalue weighted by Gasteiger charge is 2.14. The fourth-order valence-electron chi connectivity index (χ4n) is 1.50. The third-order valence-electron chi connectivity index (χ3n) is 2.43. The van der Waals surface area contributed by atoms with E-state index in [4.69, 9.17) is 0 Å². The number of hydrogen-bond donors (Lipinski definition) is 1. The van der Waals surface area contributed by atoms with Crippen molar-refractivity contribution in [2.45, 2.75) is 6.54 Å². The topological polar surface area (TPSA) is 115 Å². The molecule has 0 atom stereocenters. The lowest BCUT2D eigenvalue weighted by atomic mass is 10.2. The Morgan fingerprint density at radius 1 is 1.41 bits per heavy atom. The highest BCUT2D eigenvalue weighted by molar-refractivity contribution is 5.81. The summed E-state index contributed by atoms with van der Waals surface area (Å²) in [7, 11) is 0. The average Bonchev–Trinajstić information content (AvgIpc) is 2.96. The summed E-state index contributed by atoms with van der Waals surface area (Å²) >= 11 is 0. The van der Waals surface area contributed by atoms with Crippen LogP contribution in [0.5, 0.6) is 0 Å². The Morgan fingerprint density at radius 3 is 2.86 bits per heavy atom. The van der Waals surface area contributed by atoms with Crippen LogP contribution in [0.15, 0.2) is 47.8 Å². The molecule has 0 radical (unpaired) electrons. The van der Waals surface area contributed by atoms with E-state index in [0.717, 1.165) is 16.6 Å². The smallest absolute Gasteiger partial charge is 0.390 e. The van der Waals surface area contributed by atoms with Crippen LogP contribution in [0.3, 0.4) is 0 Å². The van der Waals surface area contributed by atoms with E-state index in [9.17, 15) is 14.9 Å². The molecule has 112 valence electrons. The minimum Gasteiger partial charge on any atom is -0.390 e. The number of hydrogen-bond acceptors (Lipinski definition) is 6. The molecule has 1 aromatic heterocycles. The molecule has 1 aromatic carbocycles. The molecule has 1 heterocycles. The number of allylic oxidation sites excluding steroid dienone is 1. The van der Waals surface area contributed by atoms with E-state index in [1.165, 1.54) is 6.21 Å². The molecular formula is C13H12N6O3. The van der Waals surface area contributed by atoms with Gasteiger partial charge in [-0.25, -0.2) is 5.43 Å². The van der Waals surface area contributed by atoms with Crippen LogP contribution in [-0.2, 0) is 11.3 Å². The van der Waals surface area contributed by atoms with E-state index < -0.39 is 16.8 Å². The molecule has 0 aliphatic rings. The van der Waals surface area contributed by atoms with Gasteiger partial charge in [-0.2, -0.15) is 9.78 Å². The Kier molecular flexibility index (Phi) is 5.08. The molecule has 0 fully saturated rings. The number of nitro groups is 1. The zero-order chi connectivity index (χ0) is 15.8. The Balaban J connectivity index is 1.78. The maximum Gasteiger partial charge on any atom is 0.490 e. The van der Waals surface area contributed by atoms with Crippen LogP contribution >= 0.6 is 0 Å². The van der Waals surface area contributed by atoms with E-state index in [2.05, 4.69) is 20.6 Å². The summed E-state index contributed by atoms with van der Waals surface area (Å²) in [6, 6.07) is 9.60. The molecule has 0 bridgehead atoms. The molecule has 0 saturated carbocycles. The molecular weight excluding hydrogens is 288 g/mol. The average molecular weight is 300 g/mol. The number of rotatable bonds is 6. The zero-order valence-corrected chi connectivity index (χ0v) is 11.4. The molecule has 1 N–H and O–H groups in total. The van der Waals surface area contributed by atoms with E-state index in [1.807, 2.05) is 36.4 Å². The highest BCUT2D eigenvalue weighted by atomic mass is 16.6. The van der Waals surface area contributed by atoms with Crippen LogP contribution in [0.25, 0.3) is 6.08 Å². The maximum absolute atomic E-state index is 11.5. The summed E-state index contributed by atoms with van der Waals surface area (Å²) in [5, 5.41) is 17.6. The van der Waals surface area contributed by atoms with Gasteiger partial charge in [-0.3, -0.25) is 4.79 Å². The standard InChI is InChI=1S/C13H12N6O3/c20-12(9-18-10-14-13(17-18)19(21)22)16-15-8-4-7-11-5-2-1-3-6-11/h1-8,10H,9H2,(H,16,20). The molecule has 0 spiro atoms. The number of hydrazone groups is 1. The second kappa shape index (κ2) is 7.43. The quantitative estimate of drug-likeness (QED) is 0.485. The number of carbonyl (C=O) groups excluding carboxylic acids is 1. The Hall–Kier alpha value is -3.36. The van der Waals surface area contributed by atoms with E-state index in [0.29, 0.717) is 0 Å². The van der Waals surface area contributed by atoms with Gasteiger partial charge < -0.3 is 10.1 Å². The van der Waals surface area contributed by atoms with Gasteiger partial charge in [-0.05, 0) is 16.6 Å². The lowest BCUT2D eigenvalue weighted by Crippen LogP contribution is -2.23. The summed E-state index contributed by atoms with van der Waals surface area (Å²) < 4.78 is 1.06. The first-order valence-corrected chi connectivity index (χ1v) is 6.22. The zero-order valence-electron chi connectivity index (χ0n) is 11.4. The molecule has 0 unspecified atom stereocenters. The largest absolute Gasteiger partial charge is 0.490 e. The second-order valence-electron chi connectivity index (χ2n) is 4.08. The Bertz CT molecular complexity index is 708. The SMILES string of the molecule is O=C(Cn1cnc([N+](=O)[O-])n1)NN=CC=Cc1ccccc1. The van der Waals surface area contributed by atoms with Gasteiger partial charge in [0.05, 0.1) is 0 Å². The number of nitrogens with zero attached hydrogens (tertiary/aromatic N) is 5. The molecule has 0 aliphatic carbocycles. The Morgan fingerprint density at radius 2 is 2.18 bits per heavy atom. The fourth-order valence-corrected chi connectivity index (χ4v) is 1.50. The predicted molar refractivity (Wildman–Crippen MR) is 78.8 cm³/mol. The normalized spacial score (nSPS) is 11.1. The monoisotopic (exact) mass is 300 g/mol. The van der Waals surface area contributed by atoms with Crippen molar-refractivity contribution in [1.29, 1.82) is 0 Å². The van der Waals surface area contributed by atoms with Crippen molar-refractivity contribution in [3.8, 4) is 0 Å². The molecule has 9 nitrogen and oxygen atoms in total. The first-order chi connectivity index (χ1) is 10.6. The van der Waals surface area contributed by atoms with Crippen LogP contribution in [0.4, 0.5) is 5.95 Å². The first-order valence-electron chi connectivity index (χ1n) is 6.22. The number of amides is 1. The van der Waals surface area contributed by atoms with Crippen LogP contribution in [0, 0.1) is 10.1 Å². The van der Waals surface area contributed by atoms with E-state index >= 15 is 0 Å². The lowest BCUT2D eigenvalue weighted by molar-refractivity contribution is -0.394. The van der Waals surface area contributed by atoms with Crippen LogP contribution in [0.2, 0.25) is 0 Å². The third kappa shape index (κ3) is 4.63. The Labute approximate surface area is 125 Å². The summed E-state index contributed by atoms with van der Waals surface area (Å²) in [6.45, 7) is -0.208. The van der Waals surface area contributed by atoms with Crippen molar-refractivity contribution in [2.75, 3.05) is 0 Å². The van der Waals surface area contributed by atoms with Crippen molar-refractivity contribution in [3.05, 3.63) is 58.4 Å². The summed E-state index contributed by atoms with van der Waals surface area (Å²) in [4.78, 5) is 24.6. The third-order valence-corrected chi connectivity index (χ3v) is 2.43. The molecule has 2 aromatic rings. The molecule has 2 rings (SSSR count). The summed E-state index contributed by atoms with van der Waals surface area (Å²) in [5.41, 5.74) is 3.29. The molecule has 22 heavy (non-hydrogen) atoms. The van der Waals surface area contributed by atoms with Gasteiger partial charge >= 0.3 is 5.95 Å². The van der Waals surface area contributed by atoms with Crippen LogP contribution in [-0.4, -0.2) is 31.8 Å². The predicted octanol–water partition coefficient (Wildman–Crippen LogP) is 1.00. The molecule has 9 heteroatoms. The van der Waals surface area contributed by atoms with Crippen LogP contribution in [0.1, 0.15) is 5.56 Å². The minimum absolute atomic E-state index is 0.208. The van der Waals surface area contributed by atoms with Gasteiger partial charge in [0.2, 0.25) is 6.33 Å². The number of carbonyl (C=O) groups is 1. The molecule has 0 aliphatic heterocycles. The summed E-state index contributed by atoms with van der Waals surface area (Å²) in [6.07, 6.45) is 6.04. The maximum atomic E-state index is 11.5. The van der Waals surface area contributed by atoms with E-state index in [-0.39, 0.29) is 6.54 Å². The number of benzene rings is 1. The van der Waals surface area contributed by atoms with Gasteiger partial charge in [0.25, 0.3) is 5.91 Å². The van der Waals surface area contributed by atoms with Crippen molar-refractivity contribution >= 4 is 24.1 Å². The van der Waals surface area contributed by atoms with Crippen molar-refractivity contribution in [3.63, 3.8) is 0 Å². The number of aromatic nitrogens is 3. The van der Waals surface area contributed by atoms with Gasteiger partial charge in [0.15, 0.2) is 0 Å². The highest BCUT2D eigenvalue weighted by Crippen LogP contribution is 2.00.